The van der Waals surface area contributed by atoms with E-state index in [1.54, 1.807) is 18.2 Å². The Bertz CT molecular complexity index is 897. The topological polar surface area (TPSA) is 79.7 Å². The first-order valence-corrected chi connectivity index (χ1v) is 10.8. The molecule has 0 bridgehead atoms. The number of benzene rings is 1. The monoisotopic (exact) mass is 427 g/mol. The molecule has 0 radical (unpaired) electrons. The highest BCUT2D eigenvalue weighted by Gasteiger charge is 2.33. The van der Waals surface area contributed by atoms with E-state index in [0.717, 1.165) is 22.4 Å². The van der Waals surface area contributed by atoms with Gasteiger partial charge in [-0.05, 0) is 49.6 Å². The SMILES string of the molecule is CCN(CCn1cccn1)C(=O)CC1C(=O)NCCN1Cc1ccc(OC)c(C)c1C. The van der Waals surface area contributed by atoms with Gasteiger partial charge >= 0.3 is 0 Å². The van der Waals surface area contributed by atoms with E-state index in [1.165, 1.54) is 0 Å². The van der Waals surface area contributed by atoms with Crippen molar-refractivity contribution in [1.82, 2.24) is 24.9 Å². The van der Waals surface area contributed by atoms with Gasteiger partial charge in [-0.2, -0.15) is 5.10 Å². The summed E-state index contributed by atoms with van der Waals surface area (Å²) in [6.07, 6.45) is 3.78. The highest BCUT2D eigenvalue weighted by atomic mass is 16.5. The Morgan fingerprint density at radius 2 is 2.13 bits per heavy atom. The Balaban J connectivity index is 1.69. The Morgan fingerprint density at radius 1 is 1.32 bits per heavy atom. The van der Waals surface area contributed by atoms with Gasteiger partial charge in [0.2, 0.25) is 11.8 Å². The number of carbonyl (C=O) groups excluding carboxylic acids is 2. The second kappa shape index (κ2) is 10.4. The molecule has 1 atom stereocenters. The zero-order chi connectivity index (χ0) is 22.4. The van der Waals surface area contributed by atoms with Gasteiger partial charge in [0.05, 0.1) is 26.1 Å². The molecule has 1 aromatic heterocycles. The fraction of sp³-hybridized carbons (Fsp3) is 0.522. The standard InChI is InChI=1S/C23H33N5O3/c1-5-26(13-14-28-11-6-9-25-28)22(29)15-20-23(30)24-10-12-27(20)16-19-7-8-21(31-4)18(3)17(19)2/h6-9,11,20H,5,10,12-16H2,1-4H3,(H,24,30). The highest BCUT2D eigenvalue weighted by Crippen LogP contribution is 2.26. The van der Waals surface area contributed by atoms with E-state index in [1.807, 2.05) is 36.9 Å². The summed E-state index contributed by atoms with van der Waals surface area (Å²) >= 11 is 0. The normalized spacial score (nSPS) is 16.8. The molecule has 1 aliphatic heterocycles. The van der Waals surface area contributed by atoms with Crippen molar-refractivity contribution in [3.8, 4) is 5.75 Å². The number of hydrogen-bond donors (Lipinski definition) is 1. The van der Waals surface area contributed by atoms with E-state index in [-0.39, 0.29) is 18.2 Å². The first kappa shape index (κ1) is 22.8. The maximum absolute atomic E-state index is 13.0. The summed E-state index contributed by atoms with van der Waals surface area (Å²) in [5.41, 5.74) is 3.41. The number of methoxy groups -OCH3 is 1. The number of rotatable bonds is 9. The minimum atomic E-state index is -0.471. The Hall–Kier alpha value is -2.87. The lowest BCUT2D eigenvalue weighted by atomic mass is 10.00. The van der Waals surface area contributed by atoms with Gasteiger partial charge in [0, 0.05) is 45.1 Å². The Morgan fingerprint density at radius 3 is 2.81 bits per heavy atom. The van der Waals surface area contributed by atoms with Crippen molar-refractivity contribution in [3.05, 3.63) is 47.3 Å². The fourth-order valence-corrected chi connectivity index (χ4v) is 4.05. The minimum Gasteiger partial charge on any atom is -0.496 e. The van der Waals surface area contributed by atoms with E-state index in [0.29, 0.717) is 39.3 Å². The molecule has 1 saturated heterocycles. The molecule has 2 amide bonds. The molecule has 1 N–H and O–H groups in total. The summed E-state index contributed by atoms with van der Waals surface area (Å²) in [6.45, 7) is 9.82. The molecule has 0 saturated carbocycles. The number of nitrogens with one attached hydrogen (secondary N) is 1. The number of piperazine rings is 1. The zero-order valence-corrected chi connectivity index (χ0v) is 18.9. The smallest absolute Gasteiger partial charge is 0.237 e. The summed E-state index contributed by atoms with van der Waals surface area (Å²) in [5, 5.41) is 7.12. The van der Waals surface area contributed by atoms with Gasteiger partial charge in [0.15, 0.2) is 0 Å². The summed E-state index contributed by atoms with van der Waals surface area (Å²) in [7, 11) is 1.67. The van der Waals surface area contributed by atoms with Crippen LogP contribution in [0, 0.1) is 13.8 Å². The van der Waals surface area contributed by atoms with Gasteiger partial charge in [-0.15, -0.1) is 0 Å². The van der Waals surface area contributed by atoms with Crippen LogP contribution >= 0.6 is 0 Å². The summed E-state index contributed by atoms with van der Waals surface area (Å²) in [5.74, 6) is 0.773. The van der Waals surface area contributed by atoms with Crippen LogP contribution in [0.25, 0.3) is 0 Å². The van der Waals surface area contributed by atoms with Crippen molar-refractivity contribution in [3.63, 3.8) is 0 Å². The van der Waals surface area contributed by atoms with E-state index >= 15 is 0 Å². The largest absolute Gasteiger partial charge is 0.496 e. The van der Waals surface area contributed by atoms with Gasteiger partial charge in [0.25, 0.3) is 0 Å². The third-order valence-electron chi connectivity index (χ3n) is 6.15. The fourth-order valence-electron chi connectivity index (χ4n) is 4.05. The maximum atomic E-state index is 13.0. The number of hydrogen-bond acceptors (Lipinski definition) is 5. The quantitative estimate of drug-likeness (QED) is 0.660. The van der Waals surface area contributed by atoms with E-state index < -0.39 is 6.04 Å². The second-order valence-corrected chi connectivity index (χ2v) is 7.90. The van der Waals surface area contributed by atoms with E-state index in [4.69, 9.17) is 4.74 Å². The third-order valence-corrected chi connectivity index (χ3v) is 6.15. The van der Waals surface area contributed by atoms with Crippen LogP contribution in [-0.2, 0) is 22.7 Å². The molecule has 3 rings (SSSR count). The van der Waals surface area contributed by atoms with E-state index in [2.05, 4.69) is 28.3 Å². The van der Waals surface area contributed by atoms with Gasteiger partial charge in [0.1, 0.15) is 5.75 Å². The van der Waals surface area contributed by atoms with Crippen LogP contribution in [0.5, 0.6) is 5.75 Å². The first-order valence-electron chi connectivity index (χ1n) is 10.8. The van der Waals surface area contributed by atoms with Crippen LogP contribution in [-0.4, -0.2) is 70.7 Å². The molecule has 8 nitrogen and oxygen atoms in total. The first-order chi connectivity index (χ1) is 14.9. The molecular formula is C23H33N5O3. The Kier molecular flexibility index (Phi) is 7.68. The van der Waals surface area contributed by atoms with Crippen molar-refractivity contribution in [2.24, 2.45) is 0 Å². The number of carbonyl (C=O) groups is 2. The molecule has 1 aromatic carbocycles. The lowest BCUT2D eigenvalue weighted by Crippen LogP contribution is -2.56. The molecule has 8 heteroatoms. The molecule has 1 aliphatic rings. The maximum Gasteiger partial charge on any atom is 0.237 e. The second-order valence-electron chi connectivity index (χ2n) is 7.90. The number of aromatic nitrogens is 2. The van der Waals surface area contributed by atoms with Gasteiger partial charge in [-0.1, -0.05) is 6.07 Å². The number of likely N-dealkylation sites (N-methyl/N-ethyl adjacent to an activating group) is 1. The molecule has 1 fully saturated rings. The van der Waals surface area contributed by atoms with Crippen molar-refractivity contribution < 1.29 is 14.3 Å². The van der Waals surface area contributed by atoms with Crippen LogP contribution in [0.1, 0.15) is 30.0 Å². The molecule has 0 spiro atoms. The minimum absolute atomic E-state index is 0.00987. The van der Waals surface area contributed by atoms with Crippen LogP contribution in [0.15, 0.2) is 30.6 Å². The summed E-state index contributed by atoms with van der Waals surface area (Å²) in [6, 6.07) is 5.41. The molecule has 1 unspecified atom stereocenters. The van der Waals surface area contributed by atoms with Gasteiger partial charge in [-0.3, -0.25) is 19.2 Å². The number of nitrogens with zero attached hydrogens (tertiary/aromatic N) is 4. The third kappa shape index (κ3) is 5.44. The van der Waals surface area contributed by atoms with Crippen molar-refractivity contribution in [2.75, 3.05) is 33.3 Å². The average Bonchev–Trinajstić information content (AvgIpc) is 3.28. The van der Waals surface area contributed by atoms with Crippen molar-refractivity contribution in [1.29, 1.82) is 0 Å². The van der Waals surface area contributed by atoms with Gasteiger partial charge < -0.3 is 15.0 Å². The zero-order valence-electron chi connectivity index (χ0n) is 18.9. The van der Waals surface area contributed by atoms with E-state index in [9.17, 15) is 9.59 Å². The lowest BCUT2D eigenvalue weighted by Gasteiger charge is -2.36. The van der Waals surface area contributed by atoms with Crippen LogP contribution in [0.2, 0.25) is 0 Å². The lowest BCUT2D eigenvalue weighted by molar-refractivity contribution is -0.139. The predicted octanol–water partition coefficient (Wildman–Crippen LogP) is 1.75. The van der Waals surface area contributed by atoms with Crippen molar-refractivity contribution in [2.45, 2.75) is 46.3 Å². The van der Waals surface area contributed by atoms with Crippen molar-refractivity contribution >= 4 is 11.8 Å². The molecular weight excluding hydrogens is 394 g/mol. The van der Waals surface area contributed by atoms with Crippen LogP contribution < -0.4 is 10.1 Å². The Labute approximate surface area is 184 Å². The summed E-state index contributed by atoms with van der Waals surface area (Å²) in [4.78, 5) is 29.6. The summed E-state index contributed by atoms with van der Waals surface area (Å²) < 4.78 is 7.23. The molecule has 2 heterocycles. The number of amides is 2. The molecule has 168 valence electrons. The predicted molar refractivity (Wildman–Crippen MR) is 119 cm³/mol. The average molecular weight is 428 g/mol. The molecule has 2 aromatic rings. The van der Waals surface area contributed by atoms with Crippen LogP contribution in [0.3, 0.4) is 0 Å². The molecule has 0 aliphatic carbocycles. The molecule has 31 heavy (non-hydrogen) atoms. The highest BCUT2D eigenvalue weighted by molar-refractivity contribution is 5.88. The van der Waals surface area contributed by atoms with Crippen LogP contribution in [0.4, 0.5) is 0 Å². The number of ether oxygens (including phenoxy) is 1. The van der Waals surface area contributed by atoms with Gasteiger partial charge in [-0.25, -0.2) is 0 Å².